The van der Waals surface area contributed by atoms with Crippen LogP contribution in [0.25, 0.3) is 0 Å². The molecule has 1 heterocycles. The maximum atomic E-state index is 11.0. The summed E-state index contributed by atoms with van der Waals surface area (Å²) in [6.07, 6.45) is 1.61. The van der Waals surface area contributed by atoms with Gasteiger partial charge < -0.3 is 10.1 Å². The summed E-state index contributed by atoms with van der Waals surface area (Å²) in [5.41, 5.74) is 3.72. The molecule has 3 aromatic rings. The van der Waals surface area contributed by atoms with Gasteiger partial charge in [0, 0.05) is 6.07 Å². The first-order chi connectivity index (χ1) is 13.0. The van der Waals surface area contributed by atoms with Gasteiger partial charge in [-0.3, -0.25) is 10.1 Å². The van der Waals surface area contributed by atoms with E-state index in [0.717, 1.165) is 29.7 Å². The fraction of sp³-hybridized carbons (Fsp3) is 0.100. The zero-order valence-corrected chi connectivity index (χ0v) is 15.6. The van der Waals surface area contributed by atoms with Crippen molar-refractivity contribution in [3.63, 3.8) is 0 Å². The molecule has 1 N–H and O–H groups in total. The van der Waals surface area contributed by atoms with Gasteiger partial charge in [0.05, 0.1) is 32.4 Å². The van der Waals surface area contributed by atoms with Crippen molar-refractivity contribution in [2.75, 3.05) is 5.32 Å². The summed E-state index contributed by atoms with van der Waals surface area (Å²) in [4.78, 5) is 10.5. The van der Waals surface area contributed by atoms with Crippen molar-refractivity contribution >= 4 is 40.3 Å². The maximum Gasteiger partial charge on any atom is 0.273 e. The molecule has 0 atom stereocenters. The van der Waals surface area contributed by atoms with Crippen LogP contribution in [0.2, 0.25) is 10.0 Å². The molecule has 0 unspecified atom stereocenters. The molecule has 0 spiro atoms. The summed E-state index contributed by atoms with van der Waals surface area (Å²) < 4.78 is 5.89. The number of anilines is 2. The van der Waals surface area contributed by atoms with Gasteiger partial charge in [0.25, 0.3) is 5.69 Å². The third kappa shape index (κ3) is 3.70. The first-order valence-electron chi connectivity index (χ1n) is 8.30. The third-order valence-electron chi connectivity index (χ3n) is 4.40. The number of non-ortho nitro benzene ring substituents is 1. The lowest BCUT2D eigenvalue weighted by atomic mass is 10.0. The standard InChI is InChI=1S/C20H14Cl2N2O3/c21-15-6-3-12(9-16(15)22)1-2-13-4-7-17-19(10-13)27-20-11-14(24(25)26)5-8-18(20)23-17/h3-11,23H,1-2H2. The second-order valence-corrected chi connectivity index (χ2v) is 7.06. The second-order valence-electron chi connectivity index (χ2n) is 6.24. The molecule has 0 fully saturated rings. The van der Waals surface area contributed by atoms with Crippen molar-refractivity contribution in [3.05, 3.63) is 85.9 Å². The number of nitrogens with one attached hydrogen (secondary N) is 1. The highest BCUT2D eigenvalue weighted by Crippen LogP contribution is 2.43. The number of halogens is 2. The Kier molecular flexibility index (Phi) is 4.64. The van der Waals surface area contributed by atoms with Crippen LogP contribution in [0.3, 0.4) is 0 Å². The van der Waals surface area contributed by atoms with Crippen LogP contribution in [-0.4, -0.2) is 4.92 Å². The number of ether oxygens (including phenoxy) is 1. The van der Waals surface area contributed by atoms with Crippen molar-refractivity contribution < 1.29 is 9.66 Å². The van der Waals surface area contributed by atoms with Gasteiger partial charge in [-0.05, 0) is 54.3 Å². The van der Waals surface area contributed by atoms with E-state index in [1.807, 2.05) is 30.3 Å². The van der Waals surface area contributed by atoms with E-state index in [9.17, 15) is 10.1 Å². The van der Waals surface area contributed by atoms with Gasteiger partial charge in [0.15, 0.2) is 11.5 Å². The van der Waals surface area contributed by atoms with Crippen LogP contribution < -0.4 is 10.1 Å². The van der Waals surface area contributed by atoms with E-state index < -0.39 is 4.92 Å². The zero-order valence-electron chi connectivity index (χ0n) is 14.0. The highest BCUT2D eigenvalue weighted by molar-refractivity contribution is 6.42. The van der Waals surface area contributed by atoms with Crippen molar-refractivity contribution in [2.24, 2.45) is 0 Å². The highest BCUT2D eigenvalue weighted by atomic mass is 35.5. The Labute approximate surface area is 165 Å². The predicted octanol–water partition coefficient (Wildman–Crippen LogP) is 6.54. The van der Waals surface area contributed by atoms with Crippen LogP contribution >= 0.6 is 23.2 Å². The number of rotatable bonds is 4. The molecule has 136 valence electrons. The lowest BCUT2D eigenvalue weighted by Gasteiger charge is -2.22. The number of nitro benzene ring substituents is 1. The molecule has 3 aromatic carbocycles. The van der Waals surface area contributed by atoms with E-state index in [-0.39, 0.29) is 5.69 Å². The Bertz CT molecular complexity index is 1050. The van der Waals surface area contributed by atoms with Crippen LogP contribution in [0.5, 0.6) is 11.5 Å². The summed E-state index contributed by atoms with van der Waals surface area (Å²) in [5, 5.41) is 15.3. The molecule has 5 nitrogen and oxygen atoms in total. The molecule has 7 heteroatoms. The molecule has 0 bridgehead atoms. The van der Waals surface area contributed by atoms with Crippen LogP contribution in [-0.2, 0) is 12.8 Å². The van der Waals surface area contributed by atoms with E-state index >= 15 is 0 Å². The number of hydrogen-bond donors (Lipinski definition) is 1. The fourth-order valence-electron chi connectivity index (χ4n) is 2.97. The second kappa shape index (κ2) is 7.10. The molecule has 27 heavy (non-hydrogen) atoms. The number of hydrogen-bond acceptors (Lipinski definition) is 4. The minimum absolute atomic E-state index is 0.00484. The average Bonchev–Trinajstić information content (AvgIpc) is 2.66. The number of nitro groups is 1. The first-order valence-corrected chi connectivity index (χ1v) is 9.05. The molecular formula is C20H14Cl2N2O3. The van der Waals surface area contributed by atoms with Crippen LogP contribution in [0.15, 0.2) is 54.6 Å². The lowest BCUT2D eigenvalue weighted by Crippen LogP contribution is -2.04. The van der Waals surface area contributed by atoms with Gasteiger partial charge in [-0.2, -0.15) is 0 Å². The van der Waals surface area contributed by atoms with E-state index in [1.165, 1.54) is 12.1 Å². The fourth-order valence-corrected chi connectivity index (χ4v) is 3.29. The van der Waals surface area contributed by atoms with Gasteiger partial charge in [-0.25, -0.2) is 0 Å². The number of benzene rings is 3. The quantitative estimate of drug-likeness (QED) is 0.312. The normalized spacial score (nSPS) is 11.8. The molecule has 1 aliphatic heterocycles. The van der Waals surface area contributed by atoms with Crippen molar-refractivity contribution in [3.8, 4) is 11.5 Å². The lowest BCUT2D eigenvalue weighted by molar-refractivity contribution is -0.384. The molecule has 0 amide bonds. The van der Waals surface area contributed by atoms with E-state index in [2.05, 4.69) is 5.32 Å². The Morgan fingerprint density at radius 2 is 1.48 bits per heavy atom. The van der Waals surface area contributed by atoms with Crippen LogP contribution in [0.4, 0.5) is 17.1 Å². The molecule has 0 aromatic heterocycles. The SMILES string of the molecule is O=[N+]([O-])c1ccc2c(c1)Oc1cc(CCc3ccc(Cl)c(Cl)c3)ccc1N2. The predicted molar refractivity (Wildman–Crippen MR) is 107 cm³/mol. The third-order valence-corrected chi connectivity index (χ3v) is 5.14. The number of nitrogens with zero attached hydrogens (tertiary/aromatic N) is 1. The van der Waals surface area contributed by atoms with Gasteiger partial charge in [-0.15, -0.1) is 0 Å². The molecule has 0 saturated heterocycles. The summed E-state index contributed by atoms with van der Waals surface area (Å²) in [6, 6.07) is 16.1. The summed E-state index contributed by atoms with van der Waals surface area (Å²) in [7, 11) is 0. The molecule has 1 aliphatic rings. The van der Waals surface area contributed by atoms with E-state index in [1.54, 1.807) is 12.1 Å². The van der Waals surface area contributed by atoms with Gasteiger partial charge in [-0.1, -0.05) is 35.3 Å². The maximum absolute atomic E-state index is 11.0. The van der Waals surface area contributed by atoms with E-state index in [4.69, 9.17) is 27.9 Å². The zero-order chi connectivity index (χ0) is 19.0. The van der Waals surface area contributed by atoms with Gasteiger partial charge >= 0.3 is 0 Å². The smallest absolute Gasteiger partial charge is 0.273 e. The van der Waals surface area contributed by atoms with Crippen molar-refractivity contribution in [1.29, 1.82) is 0 Å². The van der Waals surface area contributed by atoms with Crippen molar-refractivity contribution in [1.82, 2.24) is 0 Å². The topological polar surface area (TPSA) is 64.4 Å². The summed E-state index contributed by atoms with van der Waals surface area (Å²) in [5.74, 6) is 1.09. The van der Waals surface area contributed by atoms with E-state index in [0.29, 0.717) is 27.2 Å². The molecular weight excluding hydrogens is 387 g/mol. The minimum Gasteiger partial charge on any atom is -0.453 e. The van der Waals surface area contributed by atoms with Gasteiger partial charge in [0.2, 0.25) is 0 Å². The monoisotopic (exact) mass is 400 g/mol. The Hall–Kier alpha value is -2.76. The largest absolute Gasteiger partial charge is 0.453 e. The highest BCUT2D eigenvalue weighted by Gasteiger charge is 2.19. The van der Waals surface area contributed by atoms with Crippen LogP contribution in [0.1, 0.15) is 11.1 Å². The van der Waals surface area contributed by atoms with Gasteiger partial charge in [0.1, 0.15) is 0 Å². The molecule has 0 radical (unpaired) electrons. The molecule has 4 rings (SSSR count). The number of aryl methyl sites for hydroxylation is 2. The summed E-state index contributed by atoms with van der Waals surface area (Å²) >= 11 is 12.0. The van der Waals surface area contributed by atoms with Crippen LogP contribution in [0, 0.1) is 10.1 Å². The summed E-state index contributed by atoms with van der Waals surface area (Å²) in [6.45, 7) is 0. The molecule has 0 saturated carbocycles. The molecule has 0 aliphatic carbocycles. The minimum atomic E-state index is -0.438. The Morgan fingerprint density at radius 3 is 2.19 bits per heavy atom. The Balaban J connectivity index is 1.52. The van der Waals surface area contributed by atoms with Crippen molar-refractivity contribution in [2.45, 2.75) is 12.8 Å². The average molecular weight is 401 g/mol. The Morgan fingerprint density at radius 1 is 0.852 bits per heavy atom. The number of fused-ring (bicyclic) bond motifs is 2. The first kappa shape index (κ1) is 17.6.